The van der Waals surface area contributed by atoms with Gasteiger partial charge in [0.2, 0.25) is 5.28 Å². The topological polar surface area (TPSA) is 82.5 Å². The molecule has 9 heteroatoms. The number of dihydropyridines is 1. The Morgan fingerprint density at radius 2 is 2.03 bits per heavy atom. The third-order valence-corrected chi connectivity index (χ3v) is 7.27. The number of rotatable bonds is 4. The van der Waals surface area contributed by atoms with Crippen LogP contribution >= 0.6 is 22.9 Å². The molecule has 2 fully saturated rings. The highest BCUT2D eigenvalue weighted by molar-refractivity contribution is 7.19. The number of halogens is 1. The van der Waals surface area contributed by atoms with Crippen molar-refractivity contribution in [3.8, 4) is 0 Å². The van der Waals surface area contributed by atoms with Crippen LogP contribution in [0, 0.1) is 0 Å². The van der Waals surface area contributed by atoms with E-state index in [-0.39, 0.29) is 5.28 Å². The summed E-state index contributed by atoms with van der Waals surface area (Å²) >= 11 is 7.95. The fourth-order valence-corrected chi connectivity index (χ4v) is 5.77. The average molecular weight is 448 g/mol. The van der Waals surface area contributed by atoms with E-state index in [0.29, 0.717) is 13.2 Å². The molecule has 3 aliphatic rings. The molecule has 7 nitrogen and oxygen atoms in total. The van der Waals surface area contributed by atoms with Crippen LogP contribution in [0.25, 0.3) is 10.2 Å². The summed E-state index contributed by atoms with van der Waals surface area (Å²) < 4.78 is 6.55. The van der Waals surface area contributed by atoms with Crippen molar-refractivity contribution in [3.05, 3.63) is 39.6 Å². The van der Waals surface area contributed by atoms with Crippen molar-refractivity contribution in [2.24, 2.45) is 0 Å². The molecule has 0 saturated carbocycles. The number of fused-ring (bicyclic) bond motifs is 1. The van der Waals surface area contributed by atoms with Crippen LogP contribution in [-0.2, 0) is 11.2 Å². The summed E-state index contributed by atoms with van der Waals surface area (Å²) in [5.74, 6) is 0.896. The lowest BCUT2D eigenvalue weighted by atomic mass is 9.84. The Balaban J connectivity index is 1.49. The van der Waals surface area contributed by atoms with Crippen molar-refractivity contribution in [1.29, 1.82) is 0 Å². The number of allylic oxidation sites excluding steroid dienone is 2. The van der Waals surface area contributed by atoms with Crippen LogP contribution < -0.4 is 15.5 Å². The quantitative estimate of drug-likeness (QED) is 0.620. The van der Waals surface area contributed by atoms with E-state index in [1.54, 1.807) is 11.3 Å². The molecular formula is C21H26ClN5O2S. The second kappa shape index (κ2) is 8.43. The maximum absolute atomic E-state index is 11.3. The van der Waals surface area contributed by atoms with Gasteiger partial charge in [-0.15, -0.1) is 11.3 Å². The molecule has 2 saturated heterocycles. The van der Waals surface area contributed by atoms with Crippen molar-refractivity contribution in [2.45, 2.75) is 24.9 Å². The number of hydrogen-bond donors (Lipinski definition) is 3. The van der Waals surface area contributed by atoms with Gasteiger partial charge in [-0.1, -0.05) is 12.2 Å². The average Bonchev–Trinajstić information content (AvgIpc) is 3.16. The highest BCUT2D eigenvalue weighted by Gasteiger charge is 2.35. The molecule has 2 aromatic rings. The molecule has 0 spiro atoms. The molecule has 3 N–H and O–H groups in total. The maximum atomic E-state index is 11.3. The first-order valence-electron chi connectivity index (χ1n) is 10.5. The van der Waals surface area contributed by atoms with Crippen molar-refractivity contribution in [1.82, 2.24) is 20.6 Å². The Morgan fingerprint density at radius 3 is 2.83 bits per heavy atom. The van der Waals surface area contributed by atoms with Gasteiger partial charge < -0.3 is 25.4 Å². The monoisotopic (exact) mass is 447 g/mol. The van der Waals surface area contributed by atoms with Gasteiger partial charge >= 0.3 is 0 Å². The highest BCUT2D eigenvalue weighted by Crippen LogP contribution is 2.36. The van der Waals surface area contributed by atoms with Crippen molar-refractivity contribution in [2.75, 3.05) is 50.8 Å². The summed E-state index contributed by atoms with van der Waals surface area (Å²) in [7, 11) is 0. The molecule has 0 unspecified atom stereocenters. The number of aliphatic hydroxyl groups is 1. The van der Waals surface area contributed by atoms with Gasteiger partial charge in [-0.2, -0.15) is 4.98 Å². The Bertz CT molecular complexity index is 993. The van der Waals surface area contributed by atoms with Crippen LogP contribution in [0.2, 0.25) is 5.28 Å². The number of nitrogens with zero attached hydrogens (tertiary/aromatic N) is 3. The first-order valence-corrected chi connectivity index (χ1v) is 11.7. The molecule has 0 radical (unpaired) electrons. The van der Waals surface area contributed by atoms with Gasteiger partial charge in [0.1, 0.15) is 5.60 Å². The molecule has 3 aliphatic heterocycles. The molecule has 0 atom stereocenters. The van der Waals surface area contributed by atoms with Crippen molar-refractivity contribution < 1.29 is 9.84 Å². The van der Waals surface area contributed by atoms with Crippen LogP contribution in [0.4, 0.5) is 5.82 Å². The fourth-order valence-electron chi connectivity index (χ4n) is 4.46. The molecule has 160 valence electrons. The number of piperidine rings is 1. The molecule has 5 heterocycles. The van der Waals surface area contributed by atoms with Crippen LogP contribution in [0.5, 0.6) is 0 Å². The van der Waals surface area contributed by atoms with Crippen LogP contribution in [0.1, 0.15) is 17.7 Å². The minimum atomic E-state index is -0.788. The van der Waals surface area contributed by atoms with Crippen LogP contribution in [0.15, 0.2) is 29.5 Å². The summed E-state index contributed by atoms with van der Waals surface area (Å²) in [5.41, 5.74) is 2.21. The van der Waals surface area contributed by atoms with Gasteiger partial charge in [-0.05, 0) is 49.2 Å². The lowest BCUT2D eigenvalue weighted by molar-refractivity contribution is 0.0390. The smallest absolute Gasteiger partial charge is 0.224 e. The molecule has 0 amide bonds. The number of ether oxygens (including phenoxy) is 1. The van der Waals surface area contributed by atoms with E-state index in [1.165, 1.54) is 4.88 Å². The lowest BCUT2D eigenvalue weighted by Gasteiger charge is -2.37. The van der Waals surface area contributed by atoms with Gasteiger partial charge in [0, 0.05) is 36.6 Å². The van der Waals surface area contributed by atoms with Gasteiger partial charge in [0.15, 0.2) is 5.82 Å². The predicted octanol–water partition coefficient (Wildman–Crippen LogP) is 2.25. The van der Waals surface area contributed by atoms with E-state index in [2.05, 4.69) is 43.7 Å². The van der Waals surface area contributed by atoms with Crippen molar-refractivity contribution >= 4 is 39.0 Å². The second-order valence-corrected chi connectivity index (χ2v) is 9.46. The molecule has 0 bridgehead atoms. The second-order valence-electron chi connectivity index (χ2n) is 7.98. The van der Waals surface area contributed by atoms with E-state index in [0.717, 1.165) is 79.3 Å². The normalized spacial score (nSPS) is 21.9. The molecule has 0 aliphatic carbocycles. The Labute approximate surface area is 184 Å². The Morgan fingerprint density at radius 1 is 1.23 bits per heavy atom. The standard InChI is InChI=1S/C21H26ClN5O2S/c22-20-25-16-13-15(30-17(16)19(26-20)27-8-10-29-11-9-27)12-14-2-1-5-24-18(14)21(28)3-6-23-7-4-21/h1-2,13,23-24,28H,3-12H2. The first kappa shape index (κ1) is 20.2. The largest absolute Gasteiger partial charge is 0.384 e. The molecule has 30 heavy (non-hydrogen) atoms. The van der Waals surface area contributed by atoms with E-state index < -0.39 is 5.60 Å². The van der Waals surface area contributed by atoms with Gasteiger partial charge in [-0.3, -0.25) is 0 Å². The van der Waals surface area contributed by atoms with Crippen LogP contribution in [0.3, 0.4) is 0 Å². The SMILES string of the molecule is OC1(C2=C(Cc3cc4nc(Cl)nc(N5CCOCC5)c4s3)C=CCN2)CCNCC1. The fraction of sp³-hybridized carbons (Fsp3) is 0.524. The van der Waals surface area contributed by atoms with E-state index in [1.807, 2.05) is 0 Å². The lowest BCUT2D eigenvalue weighted by Crippen LogP contribution is -2.48. The Kier molecular flexibility index (Phi) is 5.68. The molecule has 5 rings (SSSR count). The predicted molar refractivity (Wildman–Crippen MR) is 120 cm³/mol. The number of hydrogen-bond acceptors (Lipinski definition) is 8. The highest BCUT2D eigenvalue weighted by atomic mass is 35.5. The number of thiophene rings is 1. The summed E-state index contributed by atoms with van der Waals surface area (Å²) in [6, 6.07) is 2.11. The zero-order valence-corrected chi connectivity index (χ0v) is 18.4. The summed E-state index contributed by atoms with van der Waals surface area (Å²) in [5, 5.41) is 18.4. The van der Waals surface area contributed by atoms with E-state index in [4.69, 9.17) is 16.3 Å². The molecule has 0 aromatic carbocycles. The number of morpholine rings is 1. The number of nitrogens with one attached hydrogen (secondary N) is 2. The first-order chi connectivity index (χ1) is 14.6. The van der Waals surface area contributed by atoms with Crippen molar-refractivity contribution in [3.63, 3.8) is 0 Å². The van der Waals surface area contributed by atoms with Gasteiger partial charge in [0.25, 0.3) is 0 Å². The third kappa shape index (κ3) is 3.94. The third-order valence-electron chi connectivity index (χ3n) is 5.99. The van der Waals surface area contributed by atoms with E-state index in [9.17, 15) is 5.11 Å². The zero-order chi connectivity index (χ0) is 20.6. The number of anilines is 1. The maximum Gasteiger partial charge on any atom is 0.224 e. The minimum absolute atomic E-state index is 0.275. The number of aromatic nitrogens is 2. The molecular weight excluding hydrogens is 422 g/mol. The zero-order valence-electron chi connectivity index (χ0n) is 16.8. The van der Waals surface area contributed by atoms with Crippen LogP contribution in [-0.4, -0.2) is 66.6 Å². The van der Waals surface area contributed by atoms with Gasteiger partial charge in [-0.25, -0.2) is 4.98 Å². The summed E-state index contributed by atoms with van der Waals surface area (Å²) in [4.78, 5) is 12.4. The minimum Gasteiger partial charge on any atom is -0.384 e. The van der Waals surface area contributed by atoms with Gasteiger partial charge in [0.05, 0.1) is 23.4 Å². The summed E-state index contributed by atoms with van der Waals surface area (Å²) in [6.07, 6.45) is 6.46. The van der Waals surface area contributed by atoms with E-state index >= 15 is 0 Å². The summed E-state index contributed by atoms with van der Waals surface area (Å²) in [6.45, 7) is 5.42. The molecule has 2 aromatic heterocycles. The Hall–Kier alpha value is -1.71.